The maximum absolute atomic E-state index is 13.9. The molecule has 1 aromatic heterocycles. The molecule has 6 heteroatoms. The van der Waals surface area contributed by atoms with Gasteiger partial charge >= 0.3 is 0 Å². The van der Waals surface area contributed by atoms with Crippen LogP contribution in [0.5, 0.6) is 0 Å². The van der Waals surface area contributed by atoms with Crippen LogP contribution in [0.4, 0.5) is 10.1 Å². The molecule has 1 heterocycles. The zero-order valence-electron chi connectivity index (χ0n) is 15.2. The Morgan fingerprint density at radius 1 is 1.11 bits per heavy atom. The molecule has 2 N–H and O–H groups in total. The van der Waals surface area contributed by atoms with Gasteiger partial charge in [-0.05, 0) is 61.5 Å². The molecule has 3 aromatic rings. The predicted molar refractivity (Wildman–Crippen MR) is 113 cm³/mol. The van der Waals surface area contributed by atoms with Crippen LogP contribution in [0.3, 0.4) is 0 Å². The van der Waals surface area contributed by atoms with Crippen LogP contribution >= 0.6 is 12.2 Å². The van der Waals surface area contributed by atoms with Gasteiger partial charge in [-0.1, -0.05) is 30.3 Å². The molecular formula is C21H21FN4S. The number of aromatic nitrogens is 1. The van der Waals surface area contributed by atoms with Crippen molar-refractivity contribution in [2.75, 3.05) is 5.32 Å². The van der Waals surface area contributed by atoms with E-state index in [2.05, 4.69) is 28.8 Å². The summed E-state index contributed by atoms with van der Waals surface area (Å²) >= 11 is 5.30. The van der Waals surface area contributed by atoms with Crippen molar-refractivity contribution in [2.45, 2.75) is 20.4 Å². The number of benzene rings is 2. The van der Waals surface area contributed by atoms with Gasteiger partial charge in [0.25, 0.3) is 0 Å². The van der Waals surface area contributed by atoms with E-state index in [0.29, 0.717) is 17.2 Å². The summed E-state index contributed by atoms with van der Waals surface area (Å²) in [5.74, 6) is -0.217. The van der Waals surface area contributed by atoms with Crippen molar-refractivity contribution in [1.29, 1.82) is 0 Å². The lowest BCUT2D eigenvalue weighted by molar-refractivity contribution is 0.599. The third-order valence-electron chi connectivity index (χ3n) is 4.38. The van der Waals surface area contributed by atoms with Crippen molar-refractivity contribution < 1.29 is 4.39 Å². The van der Waals surface area contributed by atoms with E-state index in [-0.39, 0.29) is 5.82 Å². The van der Waals surface area contributed by atoms with Crippen LogP contribution in [0.25, 0.3) is 0 Å². The minimum Gasteiger partial charge on any atom is -0.342 e. The largest absolute Gasteiger partial charge is 0.342 e. The first-order chi connectivity index (χ1) is 13.0. The molecule has 27 heavy (non-hydrogen) atoms. The molecule has 0 atom stereocenters. The Hall–Kier alpha value is -2.99. The Bertz CT molecular complexity index is 978. The van der Waals surface area contributed by atoms with Crippen LogP contribution in [-0.2, 0) is 6.54 Å². The lowest BCUT2D eigenvalue weighted by Gasteiger charge is -2.11. The molecule has 4 nitrogen and oxygen atoms in total. The monoisotopic (exact) mass is 380 g/mol. The third kappa shape index (κ3) is 4.80. The summed E-state index contributed by atoms with van der Waals surface area (Å²) in [7, 11) is 0. The van der Waals surface area contributed by atoms with E-state index in [0.717, 1.165) is 16.9 Å². The molecule has 0 bridgehead atoms. The zero-order chi connectivity index (χ0) is 19.2. The number of rotatable bonds is 5. The van der Waals surface area contributed by atoms with E-state index in [1.807, 2.05) is 48.0 Å². The maximum Gasteiger partial charge on any atom is 0.191 e. The number of thiocarbonyl (C=S) groups is 1. The molecule has 0 aliphatic heterocycles. The van der Waals surface area contributed by atoms with Gasteiger partial charge in [-0.15, -0.1) is 0 Å². The predicted octanol–water partition coefficient (Wildman–Crippen LogP) is 4.61. The van der Waals surface area contributed by atoms with Crippen molar-refractivity contribution in [3.8, 4) is 0 Å². The van der Waals surface area contributed by atoms with Gasteiger partial charge < -0.3 is 9.88 Å². The summed E-state index contributed by atoms with van der Waals surface area (Å²) in [6.45, 7) is 4.53. The van der Waals surface area contributed by atoms with Gasteiger partial charge in [0, 0.05) is 17.4 Å². The van der Waals surface area contributed by atoms with Crippen LogP contribution in [0, 0.1) is 19.7 Å². The van der Waals surface area contributed by atoms with Crippen LogP contribution < -0.4 is 10.7 Å². The van der Waals surface area contributed by atoms with E-state index in [4.69, 9.17) is 12.2 Å². The lowest BCUT2D eigenvalue weighted by Crippen LogP contribution is -2.24. The molecule has 0 aliphatic carbocycles. The fourth-order valence-electron chi connectivity index (χ4n) is 2.69. The summed E-state index contributed by atoms with van der Waals surface area (Å²) in [5.41, 5.74) is 7.58. The van der Waals surface area contributed by atoms with Gasteiger partial charge in [-0.3, -0.25) is 5.43 Å². The highest BCUT2D eigenvalue weighted by atomic mass is 32.1. The Labute approximate surface area is 163 Å². The molecule has 0 spiro atoms. The molecule has 138 valence electrons. The van der Waals surface area contributed by atoms with Crippen molar-refractivity contribution in [2.24, 2.45) is 5.10 Å². The van der Waals surface area contributed by atoms with Crippen LogP contribution in [0.2, 0.25) is 0 Å². The molecule has 0 saturated heterocycles. The smallest absolute Gasteiger partial charge is 0.191 e. The molecular weight excluding hydrogens is 359 g/mol. The Balaban J connectivity index is 1.62. The first-order valence-corrected chi connectivity index (χ1v) is 9.00. The van der Waals surface area contributed by atoms with Crippen molar-refractivity contribution in [3.63, 3.8) is 0 Å². The second-order valence-corrected chi connectivity index (χ2v) is 6.63. The average Bonchev–Trinajstić information content (AvgIpc) is 3.08. The van der Waals surface area contributed by atoms with Crippen molar-refractivity contribution in [1.82, 2.24) is 9.99 Å². The topological polar surface area (TPSA) is 41.4 Å². The number of nitrogens with zero attached hydrogens (tertiary/aromatic N) is 2. The molecule has 0 fully saturated rings. The summed E-state index contributed by atoms with van der Waals surface area (Å²) in [6, 6.07) is 16.6. The van der Waals surface area contributed by atoms with Crippen molar-refractivity contribution >= 4 is 29.2 Å². The number of halogens is 1. The molecule has 2 aromatic carbocycles. The van der Waals surface area contributed by atoms with E-state index in [9.17, 15) is 4.39 Å². The summed E-state index contributed by atoms with van der Waals surface area (Å²) in [4.78, 5) is 0. The summed E-state index contributed by atoms with van der Waals surface area (Å²) < 4.78 is 15.8. The average molecular weight is 380 g/mol. The number of aryl methyl sites for hydroxylation is 1. The zero-order valence-corrected chi connectivity index (χ0v) is 16.1. The molecule has 0 saturated carbocycles. The minimum atomic E-state index is -0.217. The first kappa shape index (κ1) is 18.8. The summed E-state index contributed by atoms with van der Waals surface area (Å²) in [6.07, 6.45) is 3.55. The number of anilines is 1. The Kier molecular flexibility index (Phi) is 5.98. The number of hydrazone groups is 1. The normalized spacial score (nSPS) is 10.9. The minimum absolute atomic E-state index is 0.217. The van der Waals surface area contributed by atoms with E-state index in [1.165, 1.54) is 11.6 Å². The van der Waals surface area contributed by atoms with E-state index in [1.54, 1.807) is 18.3 Å². The van der Waals surface area contributed by atoms with Crippen molar-refractivity contribution in [3.05, 3.63) is 89.0 Å². The second kappa shape index (κ2) is 8.60. The first-order valence-electron chi connectivity index (χ1n) is 8.59. The second-order valence-electron chi connectivity index (χ2n) is 6.22. The SMILES string of the molecule is Cc1cccc(NC(=S)NN=Cc2cccn2Cc2ccccc2F)c1C. The quantitative estimate of drug-likeness (QED) is 0.386. The van der Waals surface area contributed by atoms with E-state index < -0.39 is 0 Å². The van der Waals surface area contributed by atoms with Gasteiger partial charge in [0.2, 0.25) is 0 Å². The van der Waals surface area contributed by atoms with Gasteiger partial charge in [0.1, 0.15) is 5.82 Å². The maximum atomic E-state index is 13.9. The standard InChI is InChI=1S/C21H21FN4S/c1-15-7-5-11-20(16(15)2)24-21(27)25-23-13-18-9-6-12-26(18)14-17-8-3-4-10-19(17)22/h3-13H,14H2,1-2H3,(H2,24,25,27). The lowest BCUT2D eigenvalue weighted by atomic mass is 10.1. The third-order valence-corrected chi connectivity index (χ3v) is 4.57. The number of nitrogens with one attached hydrogen (secondary N) is 2. The highest BCUT2D eigenvalue weighted by Gasteiger charge is 2.05. The fourth-order valence-corrected chi connectivity index (χ4v) is 2.86. The van der Waals surface area contributed by atoms with E-state index >= 15 is 0 Å². The number of hydrogen-bond donors (Lipinski definition) is 2. The molecule has 0 amide bonds. The highest BCUT2D eigenvalue weighted by Crippen LogP contribution is 2.17. The van der Waals surface area contributed by atoms with Gasteiger partial charge in [-0.25, -0.2) is 4.39 Å². The summed E-state index contributed by atoms with van der Waals surface area (Å²) in [5, 5.41) is 7.75. The fraction of sp³-hybridized carbons (Fsp3) is 0.143. The molecule has 0 radical (unpaired) electrons. The van der Waals surface area contributed by atoms with Gasteiger partial charge in [0.05, 0.1) is 18.5 Å². The molecule has 0 aliphatic rings. The Morgan fingerprint density at radius 3 is 2.74 bits per heavy atom. The van der Waals surface area contributed by atoms with Crippen LogP contribution in [0.1, 0.15) is 22.4 Å². The van der Waals surface area contributed by atoms with Crippen LogP contribution in [0.15, 0.2) is 65.9 Å². The Morgan fingerprint density at radius 2 is 1.93 bits per heavy atom. The molecule has 0 unspecified atom stereocenters. The number of hydrogen-bond acceptors (Lipinski definition) is 2. The highest BCUT2D eigenvalue weighted by molar-refractivity contribution is 7.80. The van der Waals surface area contributed by atoms with Gasteiger partial charge in [0.15, 0.2) is 5.11 Å². The van der Waals surface area contributed by atoms with Crippen LogP contribution in [-0.4, -0.2) is 15.9 Å². The molecule has 3 rings (SSSR count). The van der Waals surface area contributed by atoms with Gasteiger partial charge in [-0.2, -0.15) is 5.10 Å².